The zero-order valence-electron chi connectivity index (χ0n) is 8.92. The van der Waals surface area contributed by atoms with Crippen molar-refractivity contribution in [3.05, 3.63) is 0 Å². The second-order valence-electron chi connectivity index (χ2n) is 4.11. The molecule has 0 aliphatic heterocycles. The molecule has 78 valence electrons. The summed E-state index contributed by atoms with van der Waals surface area (Å²) in [6.07, 6.45) is 3.95. The number of rotatable bonds is 3. The van der Waals surface area contributed by atoms with E-state index in [0.717, 1.165) is 19.3 Å². The van der Waals surface area contributed by atoms with Crippen molar-refractivity contribution in [2.24, 2.45) is 11.8 Å². The lowest BCUT2D eigenvalue weighted by molar-refractivity contribution is -0.126. The molecule has 0 aromatic carbocycles. The van der Waals surface area contributed by atoms with E-state index in [1.165, 1.54) is 0 Å². The maximum atomic E-state index is 11.7. The van der Waals surface area contributed by atoms with Crippen molar-refractivity contribution in [2.45, 2.75) is 45.6 Å². The lowest BCUT2D eigenvalue weighted by Gasteiger charge is -2.17. The van der Waals surface area contributed by atoms with E-state index >= 15 is 0 Å². The number of nitriles is 1. The summed E-state index contributed by atoms with van der Waals surface area (Å²) in [5.41, 5.74) is 0. The predicted molar refractivity (Wildman–Crippen MR) is 54.3 cm³/mol. The van der Waals surface area contributed by atoms with Crippen molar-refractivity contribution in [1.82, 2.24) is 5.32 Å². The van der Waals surface area contributed by atoms with Crippen LogP contribution in [0, 0.1) is 23.2 Å². The van der Waals surface area contributed by atoms with Crippen LogP contribution >= 0.6 is 0 Å². The van der Waals surface area contributed by atoms with E-state index in [-0.39, 0.29) is 17.9 Å². The zero-order chi connectivity index (χ0) is 10.6. The summed E-state index contributed by atoms with van der Waals surface area (Å²) < 4.78 is 0. The molecule has 0 aromatic rings. The second kappa shape index (κ2) is 4.99. The number of nitrogens with zero attached hydrogens (tertiary/aromatic N) is 1. The van der Waals surface area contributed by atoms with E-state index in [2.05, 4.69) is 18.3 Å². The molecule has 3 heteroatoms. The maximum absolute atomic E-state index is 11.7. The molecular weight excluding hydrogens is 176 g/mol. The van der Waals surface area contributed by atoms with E-state index in [1.54, 1.807) is 0 Å². The maximum Gasteiger partial charge on any atom is 0.224 e. The normalized spacial score (nSPS) is 28.1. The molecule has 1 amide bonds. The Morgan fingerprint density at radius 3 is 2.79 bits per heavy atom. The summed E-state index contributed by atoms with van der Waals surface area (Å²) in [6.45, 7) is 4.02. The van der Waals surface area contributed by atoms with Gasteiger partial charge in [-0.05, 0) is 25.2 Å². The molecule has 0 aromatic heterocycles. The van der Waals surface area contributed by atoms with Crippen LogP contribution < -0.4 is 5.32 Å². The minimum atomic E-state index is -0.310. The SMILES string of the molecule is CCC(C#N)NC(=O)C1CCCC1C. The summed E-state index contributed by atoms with van der Waals surface area (Å²) in [7, 11) is 0. The first-order valence-corrected chi connectivity index (χ1v) is 5.39. The van der Waals surface area contributed by atoms with Gasteiger partial charge in [-0.2, -0.15) is 5.26 Å². The molecule has 0 spiro atoms. The molecule has 0 heterocycles. The van der Waals surface area contributed by atoms with Gasteiger partial charge in [0.25, 0.3) is 0 Å². The van der Waals surface area contributed by atoms with E-state index in [4.69, 9.17) is 5.26 Å². The highest BCUT2D eigenvalue weighted by atomic mass is 16.1. The van der Waals surface area contributed by atoms with Gasteiger partial charge < -0.3 is 5.32 Å². The molecular formula is C11H18N2O. The standard InChI is InChI=1S/C11H18N2O/c1-3-9(7-12)13-11(14)10-6-4-5-8(10)2/h8-10H,3-6H2,1-2H3,(H,13,14). The van der Waals surface area contributed by atoms with Gasteiger partial charge in [0.15, 0.2) is 0 Å². The number of carbonyl (C=O) groups excluding carboxylic acids is 1. The van der Waals surface area contributed by atoms with Crippen molar-refractivity contribution in [1.29, 1.82) is 5.26 Å². The van der Waals surface area contributed by atoms with Crippen LogP contribution in [0.3, 0.4) is 0 Å². The highest BCUT2D eigenvalue weighted by Crippen LogP contribution is 2.31. The predicted octanol–water partition coefficient (Wildman–Crippen LogP) is 1.84. The van der Waals surface area contributed by atoms with Crippen molar-refractivity contribution in [2.75, 3.05) is 0 Å². The average molecular weight is 194 g/mol. The van der Waals surface area contributed by atoms with Gasteiger partial charge in [0, 0.05) is 5.92 Å². The topological polar surface area (TPSA) is 52.9 Å². The van der Waals surface area contributed by atoms with Crippen LogP contribution in [-0.4, -0.2) is 11.9 Å². The van der Waals surface area contributed by atoms with Crippen molar-refractivity contribution < 1.29 is 4.79 Å². The Morgan fingerprint density at radius 2 is 2.36 bits per heavy atom. The lowest BCUT2D eigenvalue weighted by Crippen LogP contribution is -2.38. The van der Waals surface area contributed by atoms with Gasteiger partial charge >= 0.3 is 0 Å². The first-order valence-electron chi connectivity index (χ1n) is 5.39. The molecule has 1 aliphatic rings. The Morgan fingerprint density at radius 1 is 1.64 bits per heavy atom. The van der Waals surface area contributed by atoms with Gasteiger partial charge in [0.05, 0.1) is 6.07 Å². The number of hydrogen-bond donors (Lipinski definition) is 1. The molecule has 3 nitrogen and oxygen atoms in total. The molecule has 3 unspecified atom stereocenters. The number of hydrogen-bond acceptors (Lipinski definition) is 2. The minimum Gasteiger partial charge on any atom is -0.340 e. The molecule has 3 atom stereocenters. The largest absolute Gasteiger partial charge is 0.340 e. The summed E-state index contributed by atoms with van der Waals surface area (Å²) in [5, 5.41) is 11.5. The monoisotopic (exact) mass is 194 g/mol. The molecule has 1 rings (SSSR count). The third kappa shape index (κ3) is 2.47. The van der Waals surface area contributed by atoms with Crippen molar-refractivity contribution in [3.8, 4) is 6.07 Å². The van der Waals surface area contributed by atoms with Crippen molar-refractivity contribution >= 4 is 5.91 Å². The Balaban J connectivity index is 2.45. The summed E-state index contributed by atoms with van der Waals surface area (Å²) in [5.74, 6) is 0.687. The molecule has 1 aliphatic carbocycles. The smallest absolute Gasteiger partial charge is 0.224 e. The molecule has 1 N–H and O–H groups in total. The van der Waals surface area contributed by atoms with Crippen LogP contribution in [0.1, 0.15) is 39.5 Å². The highest BCUT2D eigenvalue weighted by Gasteiger charge is 2.30. The van der Waals surface area contributed by atoms with E-state index in [1.807, 2.05) is 6.92 Å². The van der Waals surface area contributed by atoms with Gasteiger partial charge in [-0.3, -0.25) is 4.79 Å². The molecule has 1 saturated carbocycles. The van der Waals surface area contributed by atoms with Crippen LogP contribution in [-0.2, 0) is 4.79 Å². The van der Waals surface area contributed by atoms with Gasteiger partial charge in [-0.1, -0.05) is 20.3 Å². The third-order valence-corrected chi connectivity index (χ3v) is 3.08. The van der Waals surface area contributed by atoms with Gasteiger partial charge in [-0.15, -0.1) is 0 Å². The molecule has 0 saturated heterocycles. The van der Waals surface area contributed by atoms with E-state index in [0.29, 0.717) is 12.3 Å². The Kier molecular flexibility index (Phi) is 3.94. The van der Waals surface area contributed by atoms with Gasteiger partial charge in [-0.25, -0.2) is 0 Å². The fourth-order valence-electron chi connectivity index (χ4n) is 2.04. The molecule has 0 bridgehead atoms. The van der Waals surface area contributed by atoms with E-state index < -0.39 is 0 Å². The van der Waals surface area contributed by atoms with Crippen LogP contribution in [0.2, 0.25) is 0 Å². The second-order valence-corrected chi connectivity index (χ2v) is 4.11. The molecule has 14 heavy (non-hydrogen) atoms. The number of amides is 1. The number of nitrogens with one attached hydrogen (secondary N) is 1. The van der Waals surface area contributed by atoms with Crippen LogP contribution in [0.5, 0.6) is 0 Å². The van der Waals surface area contributed by atoms with Crippen LogP contribution in [0.4, 0.5) is 0 Å². The minimum absolute atomic E-state index is 0.0726. The number of carbonyl (C=O) groups is 1. The summed E-state index contributed by atoms with van der Waals surface area (Å²) in [4.78, 5) is 11.7. The molecule has 0 radical (unpaired) electrons. The first kappa shape index (κ1) is 11.0. The molecule has 1 fully saturated rings. The Bertz CT molecular complexity index is 244. The van der Waals surface area contributed by atoms with Crippen LogP contribution in [0.25, 0.3) is 0 Å². The van der Waals surface area contributed by atoms with Gasteiger partial charge in [0.2, 0.25) is 5.91 Å². The quantitative estimate of drug-likeness (QED) is 0.745. The Labute approximate surface area is 85.5 Å². The highest BCUT2D eigenvalue weighted by molar-refractivity contribution is 5.79. The summed E-state index contributed by atoms with van der Waals surface area (Å²) >= 11 is 0. The lowest BCUT2D eigenvalue weighted by atomic mass is 9.97. The average Bonchev–Trinajstić information content (AvgIpc) is 2.60. The Hall–Kier alpha value is -1.04. The first-order chi connectivity index (χ1) is 6.69. The van der Waals surface area contributed by atoms with Crippen LogP contribution in [0.15, 0.2) is 0 Å². The third-order valence-electron chi connectivity index (χ3n) is 3.08. The summed E-state index contributed by atoms with van der Waals surface area (Å²) in [6, 6.07) is 1.78. The van der Waals surface area contributed by atoms with Gasteiger partial charge in [0.1, 0.15) is 6.04 Å². The fraction of sp³-hybridized carbons (Fsp3) is 0.818. The van der Waals surface area contributed by atoms with E-state index in [9.17, 15) is 4.79 Å². The zero-order valence-corrected chi connectivity index (χ0v) is 8.92. The van der Waals surface area contributed by atoms with Crippen molar-refractivity contribution in [3.63, 3.8) is 0 Å². The fourth-order valence-corrected chi connectivity index (χ4v) is 2.04.